The number of benzene rings is 1. The van der Waals surface area contributed by atoms with Crippen LogP contribution in [0.25, 0.3) is 0 Å². The van der Waals surface area contributed by atoms with Crippen molar-refractivity contribution in [1.82, 2.24) is 5.43 Å². The molecule has 82 valence electrons. The third kappa shape index (κ3) is 2.80. The van der Waals surface area contributed by atoms with E-state index in [9.17, 15) is 4.79 Å². The molecule has 0 bridgehead atoms. The highest BCUT2D eigenvalue weighted by molar-refractivity contribution is 5.83. The zero-order valence-electron chi connectivity index (χ0n) is 9.29. The van der Waals surface area contributed by atoms with Crippen LogP contribution in [0.1, 0.15) is 36.8 Å². The molecule has 3 nitrogen and oxygen atoms in total. The van der Waals surface area contributed by atoms with Crippen LogP contribution in [0.3, 0.4) is 0 Å². The minimum absolute atomic E-state index is 0.105. The number of nitrogens with two attached hydrogens (primary N) is 1. The van der Waals surface area contributed by atoms with Gasteiger partial charge in [0.25, 0.3) is 0 Å². The van der Waals surface area contributed by atoms with Gasteiger partial charge in [0, 0.05) is 0 Å². The van der Waals surface area contributed by atoms with E-state index >= 15 is 0 Å². The largest absolute Gasteiger partial charge is 0.294 e. The molecule has 0 aliphatic carbocycles. The molecule has 1 amide bonds. The third-order valence-electron chi connectivity index (χ3n) is 2.60. The number of hydrogen-bond acceptors (Lipinski definition) is 2. The number of amides is 1. The van der Waals surface area contributed by atoms with Crippen molar-refractivity contribution in [2.75, 3.05) is 0 Å². The minimum Gasteiger partial charge on any atom is -0.294 e. The zero-order chi connectivity index (χ0) is 11.3. The molecule has 15 heavy (non-hydrogen) atoms. The molecule has 1 atom stereocenters. The SMILES string of the molecule is CCCC(C(=O)NN)c1ccccc1C. The first-order chi connectivity index (χ1) is 7.20. The average molecular weight is 206 g/mol. The highest BCUT2D eigenvalue weighted by atomic mass is 16.2. The number of aryl methyl sites for hydroxylation is 1. The molecule has 0 radical (unpaired) electrons. The van der Waals surface area contributed by atoms with Crippen molar-refractivity contribution in [1.29, 1.82) is 0 Å². The van der Waals surface area contributed by atoms with Gasteiger partial charge in [-0.25, -0.2) is 5.84 Å². The summed E-state index contributed by atoms with van der Waals surface area (Å²) in [5.41, 5.74) is 4.45. The first-order valence-electron chi connectivity index (χ1n) is 5.26. The molecule has 0 spiro atoms. The molecule has 1 aromatic rings. The second-order valence-corrected chi connectivity index (χ2v) is 3.71. The lowest BCUT2D eigenvalue weighted by Gasteiger charge is -2.16. The lowest BCUT2D eigenvalue weighted by atomic mass is 9.90. The summed E-state index contributed by atoms with van der Waals surface area (Å²) in [5, 5.41) is 0. The van der Waals surface area contributed by atoms with E-state index in [1.165, 1.54) is 0 Å². The quantitative estimate of drug-likeness (QED) is 0.449. The van der Waals surface area contributed by atoms with Crippen LogP contribution >= 0.6 is 0 Å². The summed E-state index contributed by atoms with van der Waals surface area (Å²) in [6, 6.07) is 7.93. The first-order valence-corrected chi connectivity index (χ1v) is 5.26. The van der Waals surface area contributed by atoms with E-state index in [1.54, 1.807) is 0 Å². The Labute approximate surface area is 90.6 Å². The van der Waals surface area contributed by atoms with Crippen LogP contribution in [0.2, 0.25) is 0 Å². The topological polar surface area (TPSA) is 55.1 Å². The smallest absolute Gasteiger partial charge is 0.241 e. The van der Waals surface area contributed by atoms with Gasteiger partial charge in [0.1, 0.15) is 0 Å². The van der Waals surface area contributed by atoms with Gasteiger partial charge in [0.15, 0.2) is 0 Å². The summed E-state index contributed by atoms with van der Waals surface area (Å²) in [6.07, 6.45) is 1.79. The van der Waals surface area contributed by atoms with Gasteiger partial charge in [-0.05, 0) is 24.5 Å². The fourth-order valence-corrected chi connectivity index (χ4v) is 1.79. The van der Waals surface area contributed by atoms with Gasteiger partial charge in [0.05, 0.1) is 5.92 Å². The second kappa shape index (κ2) is 5.51. The highest BCUT2D eigenvalue weighted by Gasteiger charge is 2.19. The lowest BCUT2D eigenvalue weighted by Crippen LogP contribution is -2.35. The van der Waals surface area contributed by atoms with Crippen LogP contribution in [0.4, 0.5) is 0 Å². The number of carbonyl (C=O) groups is 1. The van der Waals surface area contributed by atoms with Crippen molar-refractivity contribution in [3.8, 4) is 0 Å². The molecular formula is C12H18N2O. The Morgan fingerprint density at radius 3 is 2.67 bits per heavy atom. The summed E-state index contributed by atoms with van der Waals surface area (Å²) in [5.74, 6) is 4.96. The van der Waals surface area contributed by atoms with Gasteiger partial charge in [-0.1, -0.05) is 37.6 Å². The van der Waals surface area contributed by atoms with Crippen LogP contribution < -0.4 is 11.3 Å². The Bertz CT molecular complexity index is 336. The molecule has 0 saturated heterocycles. The molecule has 0 aliphatic heterocycles. The molecule has 0 heterocycles. The van der Waals surface area contributed by atoms with Crippen LogP contribution in [0, 0.1) is 6.92 Å². The van der Waals surface area contributed by atoms with Crippen LogP contribution in [0.15, 0.2) is 24.3 Å². The Morgan fingerprint density at radius 1 is 1.47 bits per heavy atom. The molecule has 3 heteroatoms. The molecule has 1 aromatic carbocycles. The predicted molar refractivity (Wildman–Crippen MR) is 61.2 cm³/mol. The lowest BCUT2D eigenvalue weighted by molar-refractivity contribution is -0.122. The number of hydrogen-bond donors (Lipinski definition) is 2. The number of nitrogens with one attached hydrogen (secondary N) is 1. The summed E-state index contributed by atoms with van der Waals surface area (Å²) in [7, 11) is 0. The summed E-state index contributed by atoms with van der Waals surface area (Å²) in [4.78, 5) is 11.6. The Hall–Kier alpha value is -1.35. The summed E-state index contributed by atoms with van der Waals surface area (Å²) >= 11 is 0. The molecule has 1 rings (SSSR count). The molecule has 0 aromatic heterocycles. The van der Waals surface area contributed by atoms with Gasteiger partial charge < -0.3 is 0 Å². The van der Waals surface area contributed by atoms with Crippen molar-refractivity contribution in [3.05, 3.63) is 35.4 Å². The summed E-state index contributed by atoms with van der Waals surface area (Å²) in [6.45, 7) is 4.08. The van der Waals surface area contributed by atoms with Gasteiger partial charge in [0.2, 0.25) is 5.91 Å². The predicted octanol–water partition coefficient (Wildman–Crippen LogP) is 1.87. The van der Waals surface area contributed by atoms with Crippen LogP contribution in [-0.2, 0) is 4.79 Å². The fraction of sp³-hybridized carbons (Fsp3) is 0.417. The standard InChI is InChI=1S/C12H18N2O/c1-3-6-11(12(15)14-13)10-8-5-4-7-9(10)2/h4-5,7-8,11H,3,6,13H2,1-2H3,(H,14,15). The molecular weight excluding hydrogens is 188 g/mol. The van der Waals surface area contributed by atoms with E-state index in [2.05, 4.69) is 12.3 Å². The van der Waals surface area contributed by atoms with E-state index < -0.39 is 0 Å². The number of rotatable bonds is 4. The van der Waals surface area contributed by atoms with Gasteiger partial charge in [-0.3, -0.25) is 10.2 Å². The van der Waals surface area contributed by atoms with Crippen molar-refractivity contribution < 1.29 is 4.79 Å². The van der Waals surface area contributed by atoms with E-state index in [0.29, 0.717) is 0 Å². The fourth-order valence-electron chi connectivity index (χ4n) is 1.79. The Morgan fingerprint density at radius 2 is 2.13 bits per heavy atom. The first kappa shape index (κ1) is 11.7. The molecule has 0 saturated carbocycles. The number of hydrazine groups is 1. The van der Waals surface area contributed by atoms with Gasteiger partial charge in [-0.15, -0.1) is 0 Å². The minimum atomic E-state index is -0.124. The number of carbonyl (C=O) groups excluding carboxylic acids is 1. The van der Waals surface area contributed by atoms with Crippen molar-refractivity contribution in [2.24, 2.45) is 5.84 Å². The normalized spacial score (nSPS) is 12.2. The molecule has 1 unspecified atom stereocenters. The molecule has 3 N–H and O–H groups in total. The van der Waals surface area contributed by atoms with Crippen LogP contribution in [0.5, 0.6) is 0 Å². The maximum Gasteiger partial charge on any atom is 0.241 e. The van der Waals surface area contributed by atoms with E-state index in [1.807, 2.05) is 31.2 Å². The highest BCUT2D eigenvalue weighted by Crippen LogP contribution is 2.24. The molecule has 0 aliphatic rings. The van der Waals surface area contributed by atoms with Gasteiger partial charge in [-0.2, -0.15) is 0 Å². The zero-order valence-corrected chi connectivity index (χ0v) is 9.29. The average Bonchev–Trinajstić information content (AvgIpc) is 2.26. The third-order valence-corrected chi connectivity index (χ3v) is 2.60. The summed E-state index contributed by atoms with van der Waals surface area (Å²) < 4.78 is 0. The van der Waals surface area contributed by atoms with E-state index in [-0.39, 0.29) is 11.8 Å². The second-order valence-electron chi connectivity index (χ2n) is 3.71. The van der Waals surface area contributed by atoms with E-state index in [4.69, 9.17) is 5.84 Å². The molecule has 0 fully saturated rings. The van der Waals surface area contributed by atoms with Crippen LogP contribution in [-0.4, -0.2) is 5.91 Å². The van der Waals surface area contributed by atoms with Crippen molar-refractivity contribution >= 4 is 5.91 Å². The Kier molecular flexibility index (Phi) is 4.31. The Balaban J connectivity index is 2.98. The van der Waals surface area contributed by atoms with E-state index in [0.717, 1.165) is 24.0 Å². The maximum atomic E-state index is 11.6. The van der Waals surface area contributed by atoms with Gasteiger partial charge >= 0.3 is 0 Å². The van der Waals surface area contributed by atoms with Crippen molar-refractivity contribution in [3.63, 3.8) is 0 Å². The maximum absolute atomic E-state index is 11.6. The monoisotopic (exact) mass is 206 g/mol. The van der Waals surface area contributed by atoms with Crippen molar-refractivity contribution in [2.45, 2.75) is 32.6 Å².